The molecule has 2 atom stereocenters. The fraction of sp³-hybridized carbons (Fsp3) is 0.478. The van der Waals surface area contributed by atoms with Crippen molar-refractivity contribution in [2.24, 2.45) is 0 Å². The minimum atomic E-state index is -0.195. The van der Waals surface area contributed by atoms with Gasteiger partial charge in [0.15, 0.2) is 0 Å². The third-order valence-electron chi connectivity index (χ3n) is 5.67. The molecule has 7 nitrogen and oxygen atoms in total. The summed E-state index contributed by atoms with van der Waals surface area (Å²) in [7, 11) is 0. The first-order valence-electron chi connectivity index (χ1n) is 11.0. The van der Waals surface area contributed by atoms with Crippen molar-refractivity contribution in [3.8, 4) is 0 Å². The van der Waals surface area contributed by atoms with Crippen LogP contribution in [0.5, 0.6) is 0 Å². The van der Waals surface area contributed by atoms with Crippen molar-refractivity contribution >= 4 is 51.7 Å². The maximum absolute atomic E-state index is 13.6. The van der Waals surface area contributed by atoms with Gasteiger partial charge < -0.3 is 9.64 Å². The number of thioether (sulfide) groups is 1. The predicted octanol–water partition coefficient (Wildman–Crippen LogP) is 3.62. The Morgan fingerprint density at radius 1 is 1.28 bits per heavy atom. The Hall–Kier alpha value is -2.23. The summed E-state index contributed by atoms with van der Waals surface area (Å²) in [6, 6.07) is 3.77. The average molecular weight is 473 g/mol. The van der Waals surface area contributed by atoms with E-state index >= 15 is 0 Å². The van der Waals surface area contributed by atoms with E-state index in [0.29, 0.717) is 45.9 Å². The van der Waals surface area contributed by atoms with Crippen molar-refractivity contribution in [3.63, 3.8) is 0 Å². The maximum atomic E-state index is 13.6. The molecule has 2 aromatic rings. The van der Waals surface area contributed by atoms with Crippen molar-refractivity contribution in [2.75, 3.05) is 24.5 Å². The number of hydrogen-bond donors (Lipinski definition) is 0. The summed E-state index contributed by atoms with van der Waals surface area (Å²) in [4.78, 5) is 35.7. The number of amides is 1. The van der Waals surface area contributed by atoms with E-state index in [1.165, 1.54) is 11.8 Å². The first-order chi connectivity index (χ1) is 15.3. The Labute approximate surface area is 197 Å². The van der Waals surface area contributed by atoms with Crippen LogP contribution in [-0.4, -0.2) is 56.4 Å². The Bertz CT molecular complexity index is 1150. The molecule has 2 aromatic heterocycles. The number of fused-ring (bicyclic) bond motifs is 1. The molecule has 0 spiro atoms. The van der Waals surface area contributed by atoms with Gasteiger partial charge >= 0.3 is 0 Å². The molecular weight excluding hydrogens is 444 g/mol. The summed E-state index contributed by atoms with van der Waals surface area (Å²) in [5.74, 6) is 0.446. The molecule has 0 bridgehead atoms. The van der Waals surface area contributed by atoms with E-state index in [1.54, 1.807) is 21.6 Å². The number of ether oxygens (including phenoxy) is 1. The van der Waals surface area contributed by atoms with E-state index in [2.05, 4.69) is 11.8 Å². The van der Waals surface area contributed by atoms with E-state index in [-0.39, 0.29) is 23.7 Å². The highest BCUT2D eigenvalue weighted by Crippen LogP contribution is 2.34. The molecule has 0 radical (unpaired) electrons. The maximum Gasteiger partial charge on any atom is 0.267 e. The molecule has 32 heavy (non-hydrogen) atoms. The predicted molar refractivity (Wildman–Crippen MR) is 133 cm³/mol. The molecule has 0 saturated carbocycles. The number of anilines is 1. The number of aromatic nitrogens is 2. The van der Waals surface area contributed by atoms with Gasteiger partial charge in [-0.1, -0.05) is 43.4 Å². The van der Waals surface area contributed by atoms with Crippen molar-refractivity contribution in [1.82, 2.24) is 14.3 Å². The molecule has 2 unspecified atom stereocenters. The number of rotatable bonds is 5. The third kappa shape index (κ3) is 4.33. The lowest BCUT2D eigenvalue weighted by Crippen LogP contribution is -2.46. The molecule has 1 amide bonds. The van der Waals surface area contributed by atoms with Crippen molar-refractivity contribution in [1.29, 1.82) is 0 Å². The first-order valence-corrected chi connectivity index (χ1v) is 12.2. The second-order valence-electron chi connectivity index (χ2n) is 8.39. The number of carbonyl (C=O) groups excluding carboxylic acids is 1. The number of thiocarbonyl (C=S) groups is 1. The Kier molecular flexibility index (Phi) is 6.69. The molecule has 0 N–H and O–H groups in total. The fourth-order valence-corrected chi connectivity index (χ4v) is 5.45. The SMILES string of the molecule is CCCCN1C(=O)/C(=C\c2c(N3CC(C)OC(C)C3)nc3c(C)cccn3c2=O)SC1=S. The fourth-order valence-electron chi connectivity index (χ4n) is 4.16. The van der Waals surface area contributed by atoms with Gasteiger partial charge in [-0.15, -0.1) is 0 Å². The molecule has 9 heteroatoms. The average Bonchev–Trinajstić information content (AvgIpc) is 3.00. The van der Waals surface area contributed by atoms with E-state index in [0.717, 1.165) is 18.4 Å². The zero-order valence-electron chi connectivity index (χ0n) is 18.8. The van der Waals surface area contributed by atoms with Crippen molar-refractivity contribution in [2.45, 2.75) is 52.7 Å². The van der Waals surface area contributed by atoms with Gasteiger partial charge in [0.05, 0.1) is 22.7 Å². The highest BCUT2D eigenvalue weighted by Gasteiger charge is 2.33. The monoisotopic (exact) mass is 472 g/mol. The lowest BCUT2D eigenvalue weighted by Gasteiger charge is -2.36. The summed E-state index contributed by atoms with van der Waals surface area (Å²) in [6.45, 7) is 9.88. The van der Waals surface area contributed by atoms with Crippen LogP contribution in [-0.2, 0) is 9.53 Å². The summed E-state index contributed by atoms with van der Waals surface area (Å²) < 4.78 is 7.97. The standard InChI is InChI=1S/C23H28N4O3S2/c1-5-6-9-27-22(29)18(32-23(27)31)11-17-20(25-12-15(3)30-16(4)13-25)24-19-14(2)8-7-10-26(19)21(17)28/h7-8,10-11,15-16H,5-6,9,12-13H2,1-4H3/b18-11+. The number of nitrogens with zero attached hydrogens (tertiary/aromatic N) is 4. The van der Waals surface area contributed by atoms with Gasteiger partial charge in [0, 0.05) is 25.8 Å². The van der Waals surface area contributed by atoms with Crippen LogP contribution in [0.25, 0.3) is 11.7 Å². The third-order valence-corrected chi connectivity index (χ3v) is 7.05. The summed E-state index contributed by atoms with van der Waals surface area (Å²) in [5, 5.41) is 0. The smallest absolute Gasteiger partial charge is 0.267 e. The number of pyridine rings is 1. The van der Waals surface area contributed by atoms with E-state index in [9.17, 15) is 9.59 Å². The molecule has 2 fully saturated rings. The second-order valence-corrected chi connectivity index (χ2v) is 10.1. The molecule has 170 valence electrons. The number of unbranched alkanes of at least 4 members (excludes halogenated alkanes) is 1. The van der Waals surface area contributed by atoms with Crippen LogP contribution in [0.4, 0.5) is 5.82 Å². The second kappa shape index (κ2) is 9.33. The molecule has 4 rings (SSSR count). The van der Waals surface area contributed by atoms with Crippen LogP contribution in [0.3, 0.4) is 0 Å². The molecule has 2 aliphatic rings. The minimum Gasteiger partial charge on any atom is -0.372 e. The number of carbonyl (C=O) groups is 1. The molecule has 0 aliphatic carbocycles. The quantitative estimate of drug-likeness (QED) is 0.486. The minimum absolute atomic E-state index is 0.0102. The van der Waals surface area contributed by atoms with Gasteiger partial charge in [-0.3, -0.25) is 18.9 Å². The van der Waals surface area contributed by atoms with Gasteiger partial charge in [0.1, 0.15) is 15.8 Å². The summed E-state index contributed by atoms with van der Waals surface area (Å²) >= 11 is 6.69. The van der Waals surface area contributed by atoms with Gasteiger partial charge in [0.25, 0.3) is 11.5 Å². The number of hydrogen-bond acceptors (Lipinski definition) is 7. The van der Waals surface area contributed by atoms with Crippen LogP contribution in [0.15, 0.2) is 28.0 Å². The summed E-state index contributed by atoms with van der Waals surface area (Å²) in [6.07, 6.45) is 5.27. The highest BCUT2D eigenvalue weighted by atomic mass is 32.2. The summed E-state index contributed by atoms with van der Waals surface area (Å²) in [5.41, 5.74) is 1.74. The molecular formula is C23H28N4O3S2. The Morgan fingerprint density at radius 2 is 2.00 bits per heavy atom. The van der Waals surface area contributed by atoms with E-state index in [1.807, 2.05) is 32.9 Å². The van der Waals surface area contributed by atoms with Crippen LogP contribution in [0, 0.1) is 6.92 Å². The van der Waals surface area contributed by atoms with Gasteiger partial charge in [0.2, 0.25) is 0 Å². The van der Waals surface area contributed by atoms with Crippen LogP contribution < -0.4 is 10.5 Å². The molecule has 2 saturated heterocycles. The van der Waals surface area contributed by atoms with Gasteiger partial charge in [-0.25, -0.2) is 4.98 Å². The van der Waals surface area contributed by atoms with Gasteiger partial charge in [-0.2, -0.15) is 0 Å². The lowest BCUT2D eigenvalue weighted by atomic mass is 10.1. The molecule has 4 heterocycles. The number of morpholine rings is 1. The lowest BCUT2D eigenvalue weighted by molar-refractivity contribution is -0.122. The number of aryl methyl sites for hydroxylation is 1. The normalized spacial score (nSPS) is 23.1. The first kappa shape index (κ1) is 22.9. The van der Waals surface area contributed by atoms with Crippen LogP contribution >= 0.6 is 24.0 Å². The van der Waals surface area contributed by atoms with Crippen molar-refractivity contribution < 1.29 is 9.53 Å². The van der Waals surface area contributed by atoms with Gasteiger partial charge in [-0.05, 0) is 44.9 Å². The molecule has 2 aliphatic heterocycles. The van der Waals surface area contributed by atoms with E-state index in [4.69, 9.17) is 21.9 Å². The van der Waals surface area contributed by atoms with Crippen molar-refractivity contribution in [3.05, 3.63) is 44.7 Å². The Balaban J connectivity index is 1.85. The zero-order valence-corrected chi connectivity index (χ0v) is 20.5. The molecule has 0 aromatic carbocycles. The zero-order chi connectivity index (χ0) is 23.0. The van der Waals surface area contributed by atoms with Crippen LogP contribution in [0.2, 0.25) is 0 Å². The Morgan fingerprint density at radius 3 is 2.69 bits per heavy atom. The highest BCUT2D eigenvalue weighted by molar-refractivity contribution is 8.26. The van der Waals surface area contributed by atoms with Crippen LogP contribution in [0.1, 0.15) is 44.7 Å². The van der Waals surface area contributed by atoms with E-state index < -0.39 is 0 Å². The largest absolute Gasteiger partial charge is 0.372 e. The topological polar surface area (TPSA) is 67.2 Å².